The zero-order chi connectivity index (χ0) is 18.2. The maximum absolute atomic E-state index is 12.1. The molecule has 0 saturated carbocycles. The number of aliphatic hydroxyl groups excluding tert-OH is 1. The maximum atomic E-state index is 12.1. The van der Waals surface area contributed by atoms with Crippen LogP contribution in [-0.2, 0) is 20.9 Å². The molecule has 0 bridgehead atoms. The van der Waals surface area contributed by atoms with Crippen molar-refractivity contribution < 1.29 is 28.6 Å². The summed E-state index contributed by atoms with van der Waals surface area (Å²) in [6.07, 6.45) is -2.40. The van der Waals surface area contributed by atoms with Crippen molar-refractivity contribution in [2.24, 2.45) is 0 Å². The van der Waals surface area contributed by atoms with Gasteiger partial charge in [0.05, 0.1) is 6.61 Å². The molecule has 2 N–H and O–H groups in total. The Hall–Kier alpha value is -2.80. The van der Waals surface area contributed by atoms with E-state index < -0.39 is 24.2 Å². The van der Waals surface area contributed by atoms with Crippen LogP contribution in [0.3, 0.4) is 0 Å². The number of benzene rings is 1. The van der Waals surface area contributed by atoms with E-state index in [0.717, 1.165) is 5.56 Å². The minimum Gasteiger partial charge on any atom is -0.464 e. The molecule has 0 spiro atoms. The smallest absolute Gasteiger partial charge is 0.408 e. The van der Waals surface area contributed by atoms with Gasteiger partial charge in [-0.25, -0.2) is 9.59 Å². The van der Waals surface area contributed by atoms with Gasteiger partial charge in [0.1, 0.15) is 24.2 Å². The maximum Gasteiger partial charge on any atom is 0.408 e. The predicted molar refractivity (Wildman–Crippen MR) is 88.6 cm³/mol. The zero-order valence-corrected chi connectivity index (χ0v) is 14.1. The summed E-state index contributed by atoms with van der Waals surface area (Å²) in [5, 5.41) is 12.7. The zero-order valence-electron chi connectivity index (χ0n) is 14.1. The van der Waals surface area contributed by atoms with E-state index in [4.69, 9.17) is 13.9 Å². The van der Waals surface area contributed by atoms with Crippen molar-refractivity contribution in [3.8, 4) is 0 Å². The van der Waals surface area contributed by atoms with Gasteiger partial charge in [0.15, 0.2) is 6.10 Å². The molecule has 1 heterocycles. The van der Waals surface area contributed by atoms with Gasteiger partial charge in [0.25, 0.3) is 0 Å². The molecule has 0 saturated heterocycles. The van der Waals surface area contributed by atoms with E-state index in [9.17, 15) is 14.7 Å². The van der Waals surface area contributed by atoms with Crippen LogP contribution in [0, 0.1) is 6.92 Å². The number of rotatable bonds is 7. The van der Waals surface area contributed by atoms with Crippen molar-refractivity contribution in [1.82, 2.24) is 5.32 Å². The lowest BCUT2D eigenvalue weighted by Crippen LogP contribution is -2.41. The van der Waals surface area contributed by atoms with E-state index in [1.807, 2.05) is 30.3 Å². The standard InChI is InChI=1S/C18H21NO6/c1-3-23-17(21)16(20)15(14-10-9-12(2)25-14)19-18(22)24-11-13-7-5-4-6-8-13/h4-10,15-16,20H,3,11H2,1-2H3,(H,19,22)/t15-,16-/m1/s1. The van der Waals surface area contributed by atoms with Gasteiger partial charge in [0.2, 0.25) is 0 Å². The van der Waals surface area contributed by atoms with Gasteiger partial charge in [-0.2, -0.15) is 0 Å². The molecule has 7 nitrogen and oxygen atoms in total. The van der Waals surface area contributed by atoms with Crippen molar-refractivity contribution >= 4 is 12.1 Å². The molecule has 25 heavy (non-hydrogen) atoms. The molecule has 2 aromatic rings. The van der Waals surface area contributed by atoms with E-state index in [0.29, 0.717) is 5.76 Å². The van der Waals surface area contributed by atoms with Gasteiger partial charge in [-0.05, 0) is 31.5 Å². The molecular formula is C18H21NO6. The summed E-state index contributed by atoms with van der Waals surface area (Å²) in [4.78, 5) is 23.9. The third kappa shape index (κ3) is 5.36. The first-order valence-corrected chi connectivity index (χ1v) is 7.89. The Labute approximate surface area is 145 Å². The lowest BCUT2D eigenvalue weighted by Gasteiger charge is -2.21. The summed E-state index contributed by atoms with van der Waals surface area (Å²) in [5.41, 5.74) is 0.814. The Bertz CT molecular complexity index is 697. The number of alkyl carbamates (subject to hydrolysis) is 1. The summed E-state index contributed by atoms with van der Waals surface area (Å²) in [6.45, 7) is 3.51. The summed E-state index contributed by atoms with van der Waals surface area (Å²) >= 11 is 0. The molecule has 0 aliphatic carbocycles. The number of esters is 1. The van der Waals surface area contributed by atoms with Crippen LogP contribution in [-0.4, -0.2) is 29.9 Å². The predicted octanol–water partition coefficient (Wildman–Crippen LogP) is 2.48. The molecule has 0 aliphatic heterocycles. The highest BCUT2D eigenvalue weighted by molar-refractivity contribution is 5.77. The molecule has 2 rings (SSSR count). The lowest BCUT2D eigenvalue weighted by atomic mass is 10.1. The summed E-state index contributed by atoms with van der Waals surface area (Å²) in [7, 11) is 0. The number of furan rings is 1. The number of nitrogens with one attached hydrogen (secondary N) is 1. The third-order valence-corrected chi connectivity index (χ3v) is 3.40. The molecule has 134 valence electrons. The Morgan fingerprint density at radius 1 is 1.16 bits per heavy atom. The summed E-state index contributed by atoms with van der Waals surface area (Å²) < 4.78 is 15.3. The van der Waals surface area contributed by atoms with Crippen molar-refractivity contribution in [1.29, 1.82) is 0 Å². The number of hydrogen-bond donors (Lipinski definition) is 2. The Morgan fingerprint density at radius 2 is 1.88 bits per heavy atom. The quantitative estimate of drug-likeness (QED) is 0.747. The summed E-state index contributed by atoms with van der Waals surface area (Å²) in [5.74, 6) is -0.0462. The number of carbonyl (C=O) groups excluding carboxylic acids is 2. The van der Waals surface area contributed by atoms with Gasteiger partial charge in [-0.1, -0.05) is 30.3 Å². The van der Waals surface area contributed by atoms with Crippen LogP contribution in [0.1, 0.15) is 30.0 Å². The molecule has 7 heteroatoms. The van der Waals surface area contributed by atoms with E-state index in [1.165, 1.54) is 0 Å². The summed E-state index contributed by atoms with van der Waals surface area (Å²) in [6, 6.07) is 11.3. The highest BCUT2D eigenvalue weighted by atomic mass is 16.6. The van der Waals surface area contributed by atoms with E-state index in [1.54, 1.807) is 26.0 Å². The average molecular weight is 347 g/mol. The Morgan fingerprint density at radius 3 is 2.48 bits per heavy atom. The monoisotopic (exact) mass is 347 g/mol. The second kappa shape index (κ2) is 8.89. The third-order valence-electron chi connectivity index (χ3n) is 3.40. The molecule has 1 aromatic carbocycles. The largest absolute Gasteiger partial charge is 0.464 e. The number of aliphatic hydroxyl groups is 1. The fraction of sp³-hybridized carbons (Fsp3) is 0.333. The lowest BCUT2D eigenvalue weighted by molar-refractivity contribution is -0.154. The minimum absolute atomic E-state index is 0.0616. The molecule has 1 amide bonds. The molecule has 0 radical (unpaired) electrons. The van der Waals surface area contributed by atoms with Crippen LogP contribution in [0.15, 0.2) is 46.9 Å². The molecular weight excluding hydrogens is 326 g/mol. The number of amides is 1. The molecule has 0 fully saturated rings. The topological polar surface area (TPSA) is 98.0 Å². The van der Waals surface area contributed by atoms with Gasteiger partial charge in [0, 0.05) is 0 Å². The van der Waals surface area contributed by atoms with Crippen molar-refractivity contribution in [2.45, 2.75) is 32.6 Å². The van der Waals surface area contributed by atoms with E-state index >= 15 is 0 Å². The van der Waals surface area contributed by atoms with Gasteiger partial charge in [-0.3, -0.25) is 0 Å². The second-order valence-electron chi connectivity index (χ2n) is 5.33. The Balaban J connectivity index is 2.04. The fourth-order valence-corrected chi connectivity index (χ4v) is 2.18. The first kappa shape index (κ1) is 18.5. The van der Waals surface area contributed by atoms with Crippen molar-refractivity contribution in [3.63, 3.8) is 0 Å². The van der Waals surface area contributed by atoms with Crippen LogP contribution in [0.2, 0.25) is 0 Å². The number of aryl methyl sites for hydroxylation is 1. The number of ether oxygens (including phenoxy) is 2. The van der Waals surface area contributed by atoms with Crippen LogP contribution >= 0.6 is 0 Å². The first-order chi connectivity index (χ1) is 12.0. The van der Waals surface area contributed by atoms with E-state index in [2.05, 4.69) is 5.32 Å². The highest BCUT2D eigenvalue weighted by Gasteiger charge is 2.33. The fourth-order valence-electron chi connectivity index (χ4n) is 2.18. The molecule has 0 unspecified atom stereocenters. The van der Waals surface area contributed by atoms with E-state index in [-0.39, 0.29) is 19.0 Å². The normalized spacial score (nSPS) is 12.9. The molecule has 2 atom stereocenters. The molecule has 0 aliphatic rings. The van der Waals surface area contributed by atoms with Crippen LogP contribution < -0.4 is 5.32 Å². The minimum atomic E-state index is -1.62. The van der Waals surface area contributed by atoms with Crippen LogP contribution in [0.5, 0.6) is 0 Å². The van der Waals surface area contributed by atoms with Gasteiger partial charge in [-0.15, -0.1) is 0 Å². The van der Waals surface area contributed by atoms with Gasteiger partial charge >= 0.3 is 12.1 Å². The average Bonchev–Trinajstić information content (AvgIpc) is 3.04. The SMILES string of the molecule is CCOC(=O)[C@H](O)[C@H](NC(=O)OCc1ccccc1)c1ccc(C)o1. The number of hydrogen-bond acceptors (Lipinski definition) is 6. The Kier molecular flexibility index (Phi) is 6.59. The number of carbonyl (C=O) groups is 2. The van der Waals surface area contributed by atoms with Crippen LogP contribution in [0.4, 0.5) is 4.79 Å². The van der Waals surface area contributed by atoms with Crippen molar-refractivity contribution in [3.05, 3.63) is 59.5 Å². The molecule has 1 aromatic heterocycles. The van der Waals surface area contributed by atoms with Crippen LogP contribution in [0.25, 0.3) is 0 Å². The first-order valence-electron chi connectivity index (χ1n) is 7.89. The van der Waals surface area contributed by atoms with Crippen molar-refractivity contribution in [2.75, 3.05) is 6.61 Å². The highest BCUT2D eigenvalue weighted by Crippen LogP contribution is 2.21. The van der Waals surface area contributed by atoms with Gasteiger partial charge < -0.3 is 24.3 Å². The second-order valence-corrected chi connectivity index (χ2v) is 5.33.